The van der Waals surface area contributed by atoms with Gasteiger partial charge >= 0.3 is 0 Å². The van der Waals surface area contributed by atoms with Crippen LogP contribution in [0.2, 0.25) is 0 Å². The Morgan fingerprint density at radius 2 is 2.44 bits per heavy atom. The molecule has 2 rings (SSSR count). The largest absolute Gasteiger partial charge is 0.352 e. The van der Waals surface area contributed by atoms with E-state index in [2.05, 4.69) is 45.0 Å². The first-order valence-corrected chi connectivity index (χ1v) is 6.61. The quantitative estimate of drug-likeness (QED) is 0.923. The summed E-state index contributed by atoms with van der Waals surface area (Å²) in [7, 11) is 0. The summed E-state index contributed by atoms with van der Waals surface area (Å²) >= 11 is 3.64. The predicted octanol–water partition coefficient (Wildman–Crippen LogP) is 2.34. The number of halogens is 1. The number of hydrogen-bond acceptors (Lipinski definition) is 3. The summed E-state index contributed by atoms with van der Waals surface area (Å²) in [5.41, 5.74) is 1.24. The fourth-order valence-electron chi connectivity index (χ4n) is 2.21. The molecule has 0 saturated carbocycles. The molecule has 4 heteroatoms. The third-order valence-electron chi connectivity index (χ3n) is 3.15. The second-order valence-electron chi connectivity index (χ2n) is 4.20. The van der Waals surface area contributed by atoms with Crippen molar-refractivity contribution in [1.29, 1.82) is 0 Å². The maximum absolute atomic E-state index is 4.51. The highest BCUT2D eigenvalue weighted by atomic mass is 79.9. The Labute approximate surface area is 105 Å². The van der Waals surface area contributed by atoms with Crippen LogP contribution in [0.1, 0.15) is 18.9 Å². The minimum atomic E-state index is 0.579. The first-order chi connectivity index (χ1) is 7.74. The van der Waals surface area contributed by atoms with Crippen LogP contribution in [0.3, 0.4) is 0 Å². The van der Waals surface area contributed by atoms with Gasteiger partial charge in [-0.3, -0.25) is 0 Å². The zero-order valence-electron chi connectivity index (χ0n) is 9.83. The first kappa shape index (κ1) is 11.9. The van der Waals surface area contributed by atoms with E-state index in [-0.39, 0.29) is 0 Å². The Kier molecular flexibility index (Phi) is 3.82. The van der Waals surface area contributed by atoms with Crippen LogP contribution in [-0.4, -0.2) is 30.7 Å². The monoisotopic (exact) mass is 283 g/mol. The average Bonchev–Trinajstić information content (AvgIpc) is 2.79. The Hall–Kier alpha value is -0.610. The van der Waals surface area contributed by atoms with Crippen LogP contribution in [0.25, 0.3) is 0 Å². The maximum Gasteiger partial charge on any atom is 0.143 e. The molecular weight excluding hydrogens is 266 g/mol. The summed E-state index contributed by atoms with van der Waals surface area (Å²) in [6.45, 7) is 7.48. The van der Waals surface area contributed by atoms with Gasteiger partial charge in [-0.25, -0.2) is 4.98 Å². The number of hydrogen-bond donors (Lipinski definition) is 1. The number of anilines is 1. The van der Waals surface area contributed by atoms with E-state index in [0.717, 1.165) is 29.9 Å². The van der Waals surface area contributed by atoms with Gasteiger partial charge in [-0.15, -0.1) is 0 Å². The van der Waals surface area contributed by atoms with Gasteiger partial charge < -0.3 is 10.2 Å². The van der Waals surface area contributed by atoms with Crippen LogP contribution in [0, 0.1) is 6.92 Å². The van der Waals surface area contributed by atoms with Crippen LogP contribution < -0.4 is 10.2 Å². The number of aromatic nitrogens is 1. The molecule has 1 fully saturated rings. The Bertz CT molecular complexity index is 361. The van der Waals surface area contributed by atoms with Crippen LogP contribution in [0.5, 0.6) is 0 Å². The summed E-state index contributed by atoms with van der Waals surface area (Å²) in [5.74, 6) is 1.08. The van der Waals surface area contributed by atoms with Gasteiger partial charge in [-0.1, -0.05) is 0 Å². The summed E-state index contributed by atoms with van der Waals surface area (Å²) in [6, 6.07) is 2.62. The highest BCUT2D eigenvalue weighted by molar-refractivity contribution is 9.10. The number of aryl methyl sites for hydroxylation is 1. The predicted molar refractivity (Wildman–Crippen MR) is 71.0 cm³/mol. The second kappa shape index (κ2) is 5.15. The highest BCUT2D eigenvalue weighted by Gasteiger charge is 2.23. The number of rotatable bonds is 3. The third-order valence-corrected chi connectivity index (χ3v) is 4.13. The van der Waals surface area contributed by atoms with Crippen molar-refractivity contribution in [2.45, 2.75) is 26.3 Å². The lowest BCUT2D eigenvalue weighted by molar-refractivity contribution is 0.639. The smallest absolute Gasteiger partial charge is 0.143 e. The molecular formula is C12H18BrN3. The van der Waals surface area contributed by atoms with Gasteiger partial charge in [-0.2, -0.15) is 0 Å². The van der Waals surface area contributed by atoms with E-state index in [1.165, 1.54) is 12.0 Å². The van der Waals surface area contributed by atoms with Gasteiger partial charge in [0, 0.05) is 25.3 Å². The molecule has 1 aromatic heterocycles. The van der Waals surface area contributed by atoms with Crippen LogP contribution in [0.15, 0.2) is 16.7 Å². The molecule has 1 saturated heterocycles. The Morgan fingerprint density at radius 1 is 1.62 bits per heavy atom. The summed E-state index contributed by atoms with van der Waals surface area (Å²) < 4.78 is 1.13. The van der Waals surface area contributed by atoms with Gasteiger partial charge in [0.2, 0.25) is 0 Å². The minimum absolute atomic E-state index is 0.579. The van der Waals surface area contributed by atoms with Crippen molar-refractivity contribution in [1.82, 2.24) is 10.3 Å². The number of pyridine rings is 1. The zero-order chi connectivity index (χ0) is 11.5. The molecule has 1 aromatic rings. The fourth-order valence-corrected chi connectivity index (χ4v) is 2.67. The molecule has 1 aliphatic heterocycles. The average molecular weight is 284 g/mol. The van der Waals surface area contributed by atoms with E-state index < -0.39 is 0 Å². The fraction of sp³-hybridized carbons (Fsp3) is 0.583. The molecule has 0 aromatic carbocycles. The van der Waals surface area contributed by atoms with E-state index >= 15 is 0 Å². The normalized spacial score (nSPS) is 20.1. The van der Waals surface area contributed by atoms with Gasteiger partial charge in [0.1, 0.15) is 5.82 Å². The molecule has 1 aliphatic rings. The molecule has 0 amide bonds. The van der Waals surface area contributed by atoms with Crippen molar-refractivity contribution in [2.75, 3.05) is 24.5 Å². The van der Waals surface area contributed by atoms with Crippen LogP contribution in [0.4, 0.5) is 5.82 Å². The molecule has 1 N–H and O–H groups in total. The molecule has 88 valence electrons. The lowest BCUT2D eigenvalue weighted by Gasteiger charge is -2.29. The molecule has 0 spiro atoms. The summed E-state index contributed by atoms with van der Waals surface area (Å²) in [6.07, 6.45) is 3.09. The topological polar surface area (TPSA) is 28.2 Å². The Balaban J connectivity index is 2.28. The molecule has 1 unspecified atom stereocenters. The first-order valence-electron chi connectivity index (χ1n) is 5.82. The van der Waals surface area contributed by atoms with E-state index in [0.29, 0.717) is 6.04 Å². The van der Waals surface area contributed by atoms with Gasteiger partial charge in [0.15, 0.2) is 0 Å². The van der Waals surface area contributed by atoms with Crippen molar-refractivity contribution >= 4 is 21.7 Å². The van der Waals surface area contributed by atoms with Crippen molar-refractivity contribution in [3.8, 4) is 0 Å². The molecule has 0 aliphatic carbocycles. The van der Waals surface area contributed by atoms with E-state index in [4.69, 9.17) is 0 Å². The van der Waals surface area contributed by atoms with Crippen molar-refractivity contribution in [3.05, 3.63) is 22.3 Å². The molecule has 3 nitrogen and oxygen atoms in total. The third kappa shape index (κ3) is 2.23. The molecule has 2 heterocycles. The zero-order valence-corrected chi connectivity index (χ0v) is 11.4. The number of nitrogens with zero attached hydrogens (tertiary/aromatic N) is 2. The van der Waals surface area contributed by atoms with Crippen molar-refractivity contribution in [2.24, 2.45) is 0 Å². The SMILES string of the molecule is CCN(c1nccc(C)c1Br)C1CCNC1. The van der Waals surface area contributed by atoms with Gasteiger partial charge in [0.25, 0.3) is 0 Å². The number of likely N-dealkylation sites (N-methyl/N-ethyl adjacent to an activating group) is 1. The highest BCUT2D eigenvalue weighted by Crippen LogP contribution is 2.29. The van der Waals surface area contributed by atoms with Gasteiger partial charge in [-0.05, 0) is 54.4 Å². The molecule has 16 heavy (non-hydrogen) atoms. The summed E-state index contributed by atoms with van der Waals surface area (Å²) in [4.78, 5) is 6.89. The van der Waals surface area contributed by atoms with E-state index in [1.807, 2.05) is 12.3 Å². The van der Waals surface area contributed by atoms with E-state index in [9.17, 15) is 0 Å². The second-order valence-corrected chi connectivity index (χ2v) is 4.99. The van der Waals surface area contributed by atoms with Crippen molar-refractivity contribution in [3.63, 3.8) is 0 Å². The standard InChI is InChI=1S/C12H18BrN3/c1-3-16(10-5-6-14-8-10)12-11(13)9(2)4-7-15-12/h4,7,10,14H,3,5-6,8H2,1-2H3. The lowest BCUT2D eigenvalue weighted by atomic mass is 10.2. The number of nitrogens with one attached hydrogen (secondary N) is 1. The van der Waals surface area contributed by atoms with E-state index in [1.54, 1.807) is 0 Å². The Morgan fingerprint density at radius 3 is 3.06 bits per heavy atom. The maximum atomic E-state index is 4.51. The van der Waals surface area contributed by atoms with Gasteiger partial charge in [0.05, 0.1) is 4.47 Å². The van der Waals surface area contributed by atoms with Crippen LogP contribution >= 0.6 is 15.9 Å². The molecule has 0 radical (unpaired) electrons. The summed E-state index contributed by atoms with van der Waals surface area (Å²) in [5, 5.41) is 3.41. The molecule has 0 bridgehead atoms. The minimum Gasteiger partial charge on any atom is -0.352 e. The lowest BCUT2D eigenvalue weighted by Crippen LogP contribution is -2.37. The van der Waals surface area contributed by atoms with Crippen LogP contribution in [-0.2, 0) is 0 Å². The van der Waals surface area contributed by atoms with Crippen molar-refractivity contribution < 1.29 is 0 Å². The molecule has 1 atom stereocenters.